The lowest BCUT2D eigenvalue weighted by atomic mass is 10.1. The molecular weight excluding hydrogens is 687 g/mol. The van der Waals surface area contributed by atoms with E-state index >= 15 is 0 Å². The van der Waals surface area contributed by atoms with Gasteiger partial charge in [0.05, 0.1) is 39.4 Å². The van der Waals surface area contributed by atoms with Gasteiger partial charge in [0.1, 0.15) is 13.2 Å². The lowest BCUT2D eigenvalue weighted by molar-refractivity contribution is -0.707. The third-order valence-corrected chi connectivity index (χ3v) is 8.68. The maximum absolute atomic E-state index is 13.5. The third kappa shape index (κ3) is 7.51. The molecule has 50 heavy (non-hydrogen) atoms. The SMILES string of the molecule is Cc1ccc(-c2cc(C(F)(F)F)nn2-c2ccc(S(=O)(=O)NC(=O)OCCN(C)[N+]([O-])=NOC(C)N3C(=O)c4ccccc4C3=O)cc2)cc1. The van der Waals surface area contributed by atoms with Gasteiger partial charge < -0.3 is 14.8 Å². The van der Waals surface area contributed by atoms with E-state index in [2.05, 4.69) is 10.4 Å². The van der Waals surface area contributed by atoms with Gasteiger partial charge in [-0.05, 0) is 56.3 Å². The lowest BCUT2D eigenvalue weighted by Gasteiger charge is -2.19. The number of likely N-dealkylation sites (N-methyl/N-ethyl adjacent to an activating group) is 1. The van der Waals surface area contributed by atoms with Crippen LogP contribution in [-0.2, 0) is 25.8 Å². The fourth-order valence-electron chi connectivity index (χ4n) is 4.72. The highest BCUT2D eigenvalue weighted by Crippen LogP contribution is 2.33. The smallest absolute Gasteiger partial charge is 0.435 e. The van der Waals surface area contributed by atoms with Gasteiger partial charge >= 0.3 is 12.3 Å². The molecule has 15 nitrogen and oxygen atoms in total. The molecule has 19 heteroatoms. The van der Waals surface area contributed by atoms with E-state index in [9.17, 15) is 41.2 Å². The molecule has 0 aliphatic carbocycles. The Hall–Kier alpha value is -5.98. The summed E-state index contributed by atoms with van der Waals surface area (Å²) in [5.74, 6) is -1.23. The van der Waals surface area contributed by atoms with Crippen molar-refractivity contribution in [2.24, 2.45) is 5.28 Å². The molecule has 0 bridgehead atoms. The van der Waals surface area contributed by atoms with Gasteiger partial charge in [-0.1, -0.05) is 42.0 Å². The minimum absolute atomic E-state index is 0.0320. The Bertz CT molecular complexity index is 2030. The zero-order valence-electron chi connectivity index (χ0n) is 26.5. The summed E-state index contributed by atoms with van der Waals surface area (Å²) >= 11 is 0. The number of imide groups is 1. The summed E-state index contributed by atoms with van der Waals surface area (Å²) in [6.07, 6.45) is -7.35. The molecule has 5 rings (SSSR count). The molecule has 0 spiro atoms. The zero-order valence-corrected chi connectivity index (χ0v) is 27.3. The summed E-state index contributed by atoms with van der Waals surface area (Å²) in [5.41, 5.74) is 0.805. The molecule has 3 aromatic carbocycles. The number of carbonyl (C=O) groups excluding carboxylic acids is 3. The van der Waals surface area contributed by atoms with Crippen LogP contribution in [0, 0.1) is 12.1 Å². The van der Waals surface area contributed by atoms with Crippen molar-refractivity contribution in [3.8, 4) is 16.9 Å². The van der Waals surface area contributed by atoms with Crippen LogP contribution in [0.5, 0.6) is 0 Å². The van der Waals surface area contributed by atoms with E-state index in [0.29, 0.717) is 5.56 Å². The number of aryl methyl sites for hydroxylation is 1. The van der Waals surface area contributed by atoms with Crippen molar-refractivity contribution in [3.05, 3.63) is 106 Å². The van der Waals surface area contributed by atoms with E-state index < -0.39 is 57.5 Å². The minimum atomic E-state index is -4.73. The Kier molecular flexibility index (Phi) is 9.80. The number of hydrazine groups is 1. The van der Waals surface area contributed by atoms with Gasteiger partial charge in [0.15, 0.2) is 5.69 Å². The Morgan fingerprint density at radius 1 is 1.04 bits per heavy atom. The van der Waals surface area contributed by atoms with Gasteiger partial charge in [-0.25, -0.2) is 27.5 Å². The van der Waals surface area contributed by atoms with Crippen LogP contribution in [0.1, 0.15) is 38.9 Å². The zero-order chi connectivity index (χ0) is 36.4. The summed E-state index contributed by atoms with van der Waals surface area (Å²) in [6, 6.07) is 18.4. The number of fused-ring (bicyclic) bond motifs is 1. The number of benzene rings is 3. The number of ether oxygens (including phenoxy) is 1. The Morgan fingerprint density at radius 3 is 2.22 bits per heavy atom. The van der Waals surface area contributed by atoms with Crippen molar-refractivity contribution in [3.63, 3.8) is 0 Å². The molecule has 2 heterocycles. The summed E-state index contributed by atoms with van der Waals surface area (Å²) in [6.45, 7) is 2.39. The van der Waals surface area contributed by atoms with Crippen molar-refractivity contribution < 1.29 is 50.5 Å². The minimum Gasteiger partial charge on any atom is -0.569 e. The predicted molar refractivity (Wildman–Crippen MR) is 167 cm³/mol. The maximum atomic E-state index is 13.5. The number of sulfonamides is 1. The van der Waals surface area contributed by atoms with Crippen LogP contribution in [0.3, 0.4) is 0 Å². The van der Waals surface area contributed by atoms with Crippen molar-refractivity contribution in [2.45, 2.75) is 31.1 Å². The molecule has 1 aromatic heterocycles. The molecule has 0 saturated heterocycles. The highest BCUT2D eigenvalue weighted by atomic mass is 32.2. The molecule has 4 aromatic rings. The van der Waals surface area contributed by atoms with Gasteiger partial charge in [0.2, 0.25) is 11.5 Å². The molecule has 0 fully saturated rings. The van der Waals surface area contributed by atoms with E-state index in [-0.39, 0.29) is 34.0 Å². The fraction of sp³-hybridized carbons (Fsp3) is 0.226. The quantitative estimate of drug-likeness (QED) is 0.0994. The van der Waals surface area contributed by atoms with Crippen LogP contribution in [0.25, 0.3) is 16.9 Å². The largest absolute Gasteiger partial charge is 0.569 e. The number of hydrogen-bond acceptors (Lipinski definition) is 10. The second-order valence-corrected chi connectivity index (χ2v) is 12.6. The summed E-state index contributed by atoms with van der Waals surface area (Å²) in [7, 11) is -3.24. The fourth-order valence-corrected chi connectivity index (χ4v) is 5.61. The summed E-state index contributed by atoms with van der Waals surface area (Å²) < 4.78 is 73.7. The van der Waals surface area contributed by atoms with Crippen molar-refractivity contribution in [2.75, 3.05) is 20.2 Å². The standard InChI is InChI=1S/C31H28F3N7O8S/c1-19-8-10-21(11-9-19)26-18-27(31(32,33)34)35-40(26)22-12-14-23(15-13-22)50(46,47)36-30(44)48-17-16-38(3)41(45)37-49-20(2)39-28(42)24-6-4-5-7-25(24)29(39)43/h4-15,18,20H,16-17H2,1-3H3,(H,36,44). The summed E-state index contributed by atoms with van der Waals surface area (Å²) in [5, 5.41) is 20.2. The molecule has 1 atom stereocenters. The molecule has 3 amide bonds. The highest BCUT2D eigenvalue weighted by molar-refractivity contribution is 7.90. The van der Waals surface area contributed by atoms with Gasteiger partial charge in [0, 0.05) is 5.56 Å². The van der Waals surface area contributed by atoms with E-state index in [0.717, 1.165) is 38.4 Å². The van der Waals surface area contributed by atoms with E-state index in [1.54, 1.807) is 41.1 Å². The molecule has 1 N–H and O–H groups in total. The first kappa shape index (κ1) is 35.3. The number of amides is 3. The number of hydrogen-bond donors (Lipinski definition) is 1. The van der Waals surface area contributed by atoms with Crippen LogP contribution >= 0.6 is 0 Å². The number of halogens is 3. The first-order valence-corrected chi connectivity index (χ1v) is 16.1. The van der Waals surface area contributed by atoms with E-state index in [1.807, 2.05) is 6.92 Å². The monoisotopic (exact) mass is 715 g/mol. The molecule has 1 unspecified atom stereocenters. The van der Waals surface area contributed by atoms with Crippen LogP contribution in [-0.4, -0.2) is 77.4 Å². The molecule has 1 aliphatic heterocycles. The normalized spacial score (nSPS) is 14.0. The predicted octanol–water partition coefficient (Wildman–Crippen LogP) is 4.66. The number of aromatic nitrogens is 2. The Labute approximate surface area is 282 Å². The second kappa shape index (κ2) is 13.9. The number of nitrogens with one attached hydrogen (secondary N) is 1. The first-order chi connectivity index (χ1) is 23.6. The van der Waals surface area contributed by atoms with Crippen LogP contribution in [0.4, 0.5) is 18.0 Å². The number of alkyl halides is 3. The first-order valence-electron chi connectivity index (χ1n) is 14.6. The molecule has 0 saturated carbocycles. The van der Waals surface area contributed by atoms with E-state index in [1.165, 1.54) is 38.2 Å². The van der Waals surface area contributed by atoms with Gasteiger partial charge in [-0.3, -0.25) is 9.59 Å². The molecule has 0 radical (unpaired) electrons. The number of carbonyl (C=O) groups is 3. The summed E-state index contributed by atoms with van der Waals surface area (Å²) in [4.78, 5) is 42.7. The maximum Gasteiger partial charge on any atom is 0.435 e. The third-order valence-electron chi connectivity index (χ3n) is 7.36. The molecule has 1 aliphatic rings. The average Bonchev–Trinajstić information content (AvgIpc) is 3.63. The van der Waals surface area contributed by atoms with Crippen LogP contribution in [0.2, 0.25) is 0 Å². The van der Waals surface area contributed by atoms with E-state index in [4.69, 9.17) is 9.57 Å². The van der Waals surface area contributed by atoms with Crippen molar-refractivity contribution in [1.82, 2.24) is 24.4 Å². The Morgan fingerprint density at radius 2 is 1.64 bits per heavy atom. The second-order valence-electron chi connectivity index (χ2n) is 10.9. The van der Waals surface area contributed by atoms with Gasteiger partial charge in [-0.2, -0.15) is 18.3 Å². The Balaban J connectivity index is 1.15. The van der Waals surface area contributed by atoms with Gasteiger partial charge in [-0.15, -0.1) is 5.01 Å². The van der Waals surface area contributed by atoms with Crippen LogP contribution in [0.15, 0.2) is 89.0 Å². The van der Waals surface area contributed by atoms with Gasteiger partial charge in [0.25, 0.3) is 21.8 Å². The topological polar surface area (TPSA) is 179 Å². The average molecular weight is 716 g/mol. The lowest BCUT2D eigenvalue weighted by Crippen LogP contribution is -2.39. The van der Waals surface area contributed by atoms with Crippen molar-refractivity contribution in [1.29, 1.82) is 0 Å². The number of rotatable bonds is 11. The molecular formula is C31H28F3N7O8S. The van der Waals surface area contributed by atoms with Crippen LogP contribution < -0.4 is 4.72 Å². The molecule has 262 valence electrons. The van der Waals surface area contributed by atoms with Crippen molar-refractivity contribution >= 4 is 27.9 Å². The highest BCUT2D eigenvalue weighted by Gasteiger charge is 2.40. The number of nitrogens with zero attached hydrogens (tertiary/aromatic N) is 6.